The van der Waals surface area contributed by atoms with Crippen LogP contribution in [0.1, 0.15) is 18.1 Å². The van der Waals surface area contributed by atoms with Gasteiger partial charge in [-0.2, -0.15) is 23.1 Å². The highest BCUT2D eigenvalue weighted by Gasteiger charge is 2.31. The topological polar surface area (TPSA) is 47.5 Å². The van der Waals surface area contributed by atoms with Crippen LogP contribution in [0.2, 0.25) is 5.02 Å². The minimum Gasteiger partial charge on any atom is -0.363 e. The first kappa shape index (κ1) is 26.6. The fourth-order valence-corrected chi connectivity index (χ4v) is 3.68. The van der Waals surface area contributed by atoms with Gasteiger partial charge in [0, 0.05) is 46.3 Å². The number of likely N-dealkylation sites (N-methyl/N-ethyl adjacent to an activating group) is 2. The molecule has 0 amide bonds. The van der Waals surface area contributed by atoms with E-state index >= 15 is 0 Å². The van der Waals surface area contributed by atoms with Crippen molar-refractivity contribution in [2.24, 2.45) is 0 Å². The largest absolute Gasteiger partial charge is 0.416 e. The van der Waals surface area contributed by atoms with Crippen LogP contribution >= 0.6 is 11.6 Å². The van der Waals surface area contributed by atoms with Crippen LogP contribution in [0.3, 0.4) is 0 Å². The van der Waals surface area contributed by atoms with Gasteiger partial charge in [0.2, 0.25) is 5.95 Å². The van der Waals surface area contributed by atoms with E-state index < -0.39 is 11.7 Å². The summed E-state index contributed by atoms with van der Waals surface area (Å²) in [5, 5.41) is 3.01. The molecule has 2 aromatic carbocycles. The molecule has 0 radical (unpaired) electrons. The molecule has 1 heterocycles. The van der Waals surface area contributed by atoms with Crippen LogP contribution < -0.4 is 15.1 Å². The molecule has 3 aromatic rings. The van der Waals surface area contributed by atoms with E-state index in [-0.39, 0.29) is 5.02 Å². The summed E-state index contributed by atoms with van der Waals surface area (Å²) < 4.78 is 39.0. The fourth-order valence-electron chi connectivity index (χ4n) is 3.45. The standard InChI is InChI=1S/C25H30ClF3N6/c1-5-35(14-13-34(4)17-18-9-7-6-8-10-18)24-31-22(16-23(32-24)33(2)3)30-21-12-11-19(15-20(21)26)25(27,28)29/h6-12,15-16H,5,13-14,17H2,1-4H3,(H,30,31,32). The number of alkyl halides is 3. The number of benzene rings is 2. The van der Waals surface area contributed by atoms with Gasteiger partial charge in [-0.3, -0.25) is 0 Å². The molecule has 1 N–H and O–H groups in total. The van der Waals surface area contributed by atoms with E-state index in [1.54, 1.807) is 6.07 Å². The quantitative estimate of drug-likeness (QED) is 0.368. The molecule has 0 saturated carbocycles. The van der Waals surface area contributed by atoms with E-state index in [9.17, 15) is 13.2 Å². The first-order valence-corrected chi connectivity index (χ1v) is 11.6. The zero-order valence-electron chi connectivity index (χ0n) is 20.3. The summed E-state index contributed by atoms with van der Waals surface area (Å²) in [6.45, 7) is 5.05. The summed E-state index contributed by atoms with van der Waals surface area (Å²) in [5.41, 5.74) is 0.769. The van der Waals surface area contributed by atoms with Crippen molar-refractivity contribution in [1.82, 2.24) is 14.9 Å². The highest BCUT2D eigenvalue weighted by molar-refractivity contribution is 6.33. The van der Waals surface area contributed by atoms with Crippen molar-refractivity contribution in [3.63, 3.8) is 0 Å². The maximum Gasteiger partial charge on any atom is 0.416 e. The molecule has 0 spiro atoms. The summed E-state index contributed by atoms with van der Waals surface area (Å²) in [4.78, 5) is 15.5. The van der Waals surface area contributed by atoms with Gasteiger partial charge in [-0.15, -0.1) is 0 Å². The lowest BCUT2D eigenvalue weighted by Gasteiger charge is -2.26. The molecule has 188 valence electrons. The second-order valence-electron chi connectivity index (χ2n) is 8.43. The Bertz CT molecular complexity index is 1110. The average Bonchev–Trinajstić information content (AvgIpc) is 2.80. The number of rotatable bonds is 10. The van der Waals surface area contributed by atoms with Crippen molar-refractivity contribution in [3.8, 4) is 0 Å². The lowest BCUT2D eigenvalue weighted by molar-refractivity contribution is -0.137. The van der Waals surface area contributed by atoms with Crippen LogP contribution in [-0.4, -0.2) is 55.6 Å². The molecule has 0 unspecified atom stereocenters. The Morgan fingerprint density at radius 1 is 0.943 bits per heavy atom. The second-order valence-corrected chi connectivity index (χ2v) is 8.83. The molecule has 3 rings (SSSR count). The van der Waals surface area contributed by atoms with Crippen LogP contribution in [0.15, 0.2) is 54.6 Å². The van der Waals surface area contributed by atoms with E-state index in [1.807, 2.05) is 44.1 Å². The number of halogens is 4. The molecular formula is C25H30ClF3N6. The zero-order valence-corrected chi connectivity index (χ0v) is 21.0. The molecule has 0 aliphatic rings. The third-order valence-electron chi connectivity index (χ3n) is 5.43. The molecule has 0 fully saturated rings. The van der Waals surface area contributed by atoms with Gasteiger partial charge in [0.05, 0.1) is 16.3 Å². The van der Waals surface area contributed by atoms with E-state index in [0.717, 1.165) is 25.2 Å². The fraction of sp³-hybridized carbons (Fsp3) is 0.360. The molecule has 1 aromatic heterocycles. The van der Waals surface area contributed by atoms with E-state index in [4.69, 9.17) is 11.6 Å². The summed E-state index contributed by atoms with van der Waals surface area (Å²) in [6, 6.07) is 15.2. The minimum atomic E-state index is -4.46. The Morgan fingerprint density at radius 2 is 1.66 bits per heavy atom. The van der Waals surface area contributed by atoms with Crippen molar-refractivity contribution < 1.29 is 13.2 Å². The van der Waals surface area contributed by atoms with Crippen LogP contribution in [0.25, 0.3) is 0 Å². The van der Waals surface area contributed by atoms with Crippen LogP contribution in [0.5, 0.6) is 0 Å². The lowest BCUT2D eigenvalue weighted by atomic mass is 10.2. The molecule has 0 atom stereocenters. The predicted octanol–water partition coefficient (Wildman–Crippen LogP) is 5.92. The number of hydrogen-bond donors (Lipinski definition) is 1. The minimum absolute atomic E-state index is 0.0405. The molecule has 0 aliphatic carbocycles. The van der Waals surface area contributed by atoms with E-state index in [2.05, 4.69) is 44.3 Å². The van der Waals surface area contributed by atoms with Gasteiger partial charge in [-0.25, -0.2) is 0 Å². The molecule has 0 saturated heterocycles. The van der Waals surface area contributed by atoms with Gasteiger partial charge in [0.25, 0.3) is 0 Å². The number of aromatic nitrogens is 2. The molecular weight excluding hydrogens is 477 g/mol. The summed E-state index contributed by atoms with van der Waals surface area (Å²) in [5.74, 6) is 1.63. The van der Waals surface area contributed by atoms with E-state index in [1.165, 1.54) is 11.6 Å². The Kier molecular flexibility index (Phi) is 8.80. The van der Waals surface area contributed by atoms with Crippen molar-refractivity contribution in [1.29, 1.82) is 0 Å². The van der Waals surface area contributed by atoms with E-state index in [0.29, 0.717) is 36.4 Å². The molecule has 10 heteroatoms. The number of anilines is 4. The van der Waals surface area contributed by atoms with Crippen molar-refractivity contribution in [2.75, 3.05) is 55.9 Å². The second kappa shape index (κ2) is 11.6. The summed E-state index contributed by atoms with van der Waals surface area (Å²) in [7, 11) is 5.80. The van der Waals surface area contributed by atoms with Gasteiger partial charge < -0.3 is 20.0 Å². The van der Waals surface area contributed by atoms with Crippen LogP contribution in [0.4, 0.5) is 36.4 Å². The smallest absolute Gasteiger partial charge is 0.363 e. The van der Waals surface area contributed by atoms with Crippen LogP contribution in [0, 0.1) is 0 Å². The van der Waals surface area contributed by atoms with Crippen molar-refractivity contribution >= 4 is 34.9 Å². The molecule has 0 aliphatic heterocycles. The molecule has 6 nitrogen and oxygen atoms in total. The Labute approximate surface area is 209 Å². The normalized spacial score (nSPS) is 11.6. The van der Waals surface area contributed by atoms with Crippen molar-refractivity contribution in [2.45, 2.75) is 19.6 Å². The highest BCUT2D eigenvalue weighted by atomic mass is 35.5. The third-order valence-corrected chi connectivity index (χ3v) is 5.74. The van der Waals surface area contributed by atoms with Gasteiger partial charge >= 0.3 is 6.18 Å². The van der Waals surface area contributed by atoms with Gasteiger partial charge in [-0.05, 0) is 37.7 Å². The van der Waals surface area contributed by atoms with Gasteiger partial charge in [0.15, 0.2) is 0 Å². The number of nitrogens with one attached hydrogen (secondary N) is 1. The summed E-state index contributed by atoms with van der Waals surface area (Å²) in [6.07, 6.45) is -4.46. The lowest BCUT2D eigenvalue weighted by Crippen LogP contribution is -2.34. The highest BCUT2D eigenvalue weighted by Crippen LogP contribution is 2.35. The molecule has 35 heavy (non-hydrogen) atoms. The maximum atomic E-state index is 13.0. The predicted molar refractivity (Wildman–Crippen MR) is 137 cm³/mol. The first-order chi connectivity index (χ1) is 16.6. The van der Waals surface area contributed by atoms with Gasteiger partial charge in [-0.1, -0.05) is 41.9 Å². The number of nitrogens with zero attached hydrogens (tertiary/aromatic N) is 5. The number of hydrogen-bond acceptors (Lipinski definition) is 6. The zero-order chi connectivity index (χ0) is 25.6. The molecule has 0 bridgehead atoms. The SMILES string of the molecule is CCN(CCN(C)Cc1ccccc1)c1nc(Nc2ccc(C(F)(F)F)cc2Cl)cc(N(C)C)n1. The third kappa shape index (κ3) is 7.47. The van der Waals surface area contributed by atoms with Crippen LogP contribution in [-0.2, 0) is 12.7 Å². The average molecular weight is 507 g/mol. The Balaban J connectivity index is 1.78. The maximum absolute atomic E-state index is 13.0. The first-order valence-electron chi connectivity index (χ1n) is 11.2. The summed E-state index contributed by atoms with van der Waals surface area (Å²) >= 11 is 6.14. The Morgan fingerprint density at radius 3 is 2.26 bits per heavy atom. The van der Waals surface area contributed by atoms with Gasteiger partial charge in [0.1, 0.15) is 11.6 Å². The van der Waals surface area contributed by atoms with Crippen molar-refractivity contribution in [3.05, 3.63) is 70.7 Å². The monoisotopic (exact) mass is 506 g/mol. The Hall–Kier alpha value is -3.04.